The third-order valence-corrected chi connectivity index (χ3v) is 4.81. The lowest BCUT2D eigenvalue weighted by Crippen LogP contribution is -2.34. The molecule has 0 saturated heterocycles. The molecular formula is C16H25BrN2. The Labute approximate surface area is 125 Å². The van der Waals surface area contributed by atoms with Crippen LogP contribution in [0.1, 0.15) is 43.7 Å². The molecule has 1 aromatic rings. The maximum Gasteiger partial charge on any atom is 0.0467 e. The van der Waals surface area contributed by atoms with E-state index in [0.717, 1.165) is 10.4 Å². The highest BCUT2D eigenvalue weighted by Crippen LogP contribution is 2.27. The molecule has 0 amide bonds. The van der Waals surface area contributed by atoms with Crippen molar-refractivity contribution in [2.45, 2.75) is 38.1 Å². The van der Waals surface area contributed by atoms with E-state index >= 15 is 0 Å². The fraction of sp³-hybridized carbons (Fsp3) is 0.625. The molecule has 1 saturated carbocycles. The second-order valence-electron chi connectivity index (χ2n) is 5.75. The predicted molar refractivity (Wildman–Crippen MR) is 85.1 cm³/mol. The Kier molecular flexibility index (Phi) is 5.86. The normalized spacial score (nSPS) is 18.7. The average Bonchev–Trinajstić information content (AvgIpc) is 2.43. The molecule has 1 aliphatic carbocycles. The van der Waals surface area contributed by atoms with Crippen molar-refractivity contribution in [2.75, 3.05) is 20.1 Å². The molecule has 0 spiro atoms. The summed E-state index contributed by atoms with van der Waals surface area (Å²) in [4.78, 5) is 2.44. The quantitative estimate of drug-likeness (QED) is 0.888. The van der Waals surface area contributed by atoms with Crippen LogP contribution >= 0.6 is 15.9 Å². The Hall–Kier alpha value is -0.380. The molecule has 106 valence electrons. The summed E-state index contributed by atoms with van der Waals surface area (Å²) < 4.78 is 1.13. The van der Waals surface area contributed by atoms with Crippen molar-refractivity contribution in [3.63, 3.8) is 0 Å². The molecule has 1 unspecified atom stereocenters. The molecule has 1 fully saturated rings. The molecule has 0 aliphatic heterocycles. The fourth-order valence-electron chi connectivity index (χ4n) is 3.16. The maximum atomic E-state index is 6.00. The van der Waals surface area contributed by atoms with Crippen LogP contribution in [-0.2, 0) is 0 Å². The van der Waals surface area contributed by atoms with Gasteiger partial charge in [0.15, 0.2) is 0 Å². The monoisotopic (exact) mass is 324 g/mol. The first kappa shape index (κ1) is 15.0. The highest BCUT2D eigenvalue weighted by molar-refractivity contribution is 9.10. The van der Waals surface area contributed by atoms with Crippen LogP contribution in [0.15, 0.2) is 28.7 Å². The van der Waals surface area contributed by atoms with Gasteiger partial charge in [0.05, 0.1) is 0 Å². The number of hydrogen-bond donors (Lipinski definition) is 1. The minimum Gasteiger partial charge on any atom is -0.329 e. The first-order chi connectivity index (χ1) is 9.20. The first-order valence-corrected chi connectivity index (χ1v) is 8.15. The lowest BCUT2D eigenvalue weighted by Gasteiger charge is -2.32. The number of hydrogen-bond acceptors (Lipinski definition) is 2. The van der Waals surface area contributed by atoms with E-state index in [2.05, 4.69) is 52.1 Å². The van der Waals surface area contributed by atoms with Crippen LogP contribution in [0.25, 0.3) is 0 Å². The summed E-state index contributed by atoms with van der Waals surface area (Å²) in [6, 6.07) is 8.91. The van der Waals surface area contributed by atoms with Crippen molar-refractivity contribution in [1.82, 2.24) is 4.90 Å². The van der Waals surface area contributed by atoms with Crippen LogP contribution in [0.2, 0.25) is 0 Å². The molecule has 0 bridgehead atoms. The average molecular weight is 325 g/mol. The third-order valence-electron chi connectivity index (χ3n) is 4.28. The largest absolute Gasteiger partial charge is 0.329 e. The fourth-order valence-corrected chi connectivity index (χ4v) is 3.42. The van der Waals surface area contributed by atoms with Crippen LogP contribution in [0.4, 0.5) is 0 Å². The lowest BCUT2D eigenvalue weighted by atomic mass is 9.88. The zero-order chi connectivity index (χ0) is 13.7. The van der Waals surface area contributed by atoms with E-state index in [1.165, 1.54) is 44.2 Å². The number of halogens is 1. The van der Waals surface area contributed by atoms with Crippen molar-refractivity contribution >= 4 is 15.9 Å². The Morgan fingerprint density at radius 1 is 1.21 bits per heavy atom. The van der Waals surface area contributed by atoms with Gasteiger partial charge in [0.2, 0.25) is 0 Å². The van der Waals surface area contributed by atoms with E-state index < -0.39 is 0 Å². The third kappa shape index (κ3) is 4.30. The van der Waals surface area contributed by atoms with Crippen LogP contribution in [-0.4, -0.2) is 25.0 Å². The summed E-state index contributed by atoms with van der Waals surface area (Å²) >= 11 is 3.49. The van der Waals surface area contributed by atoms with Gasteiger partial charge in [-0.25, -0.2) is 0 Å². The summed E-state index contributed by atoms with van der Waals surface area (Å²) in [6.45, 7) is 1.86. The van der Waals surface area contributed by atoms with Gasteiger partial charge in [-0.1, -0.05) is 47.3 Å². The Morgan fingerprint density at radius 2 is 1.84 bits per heavy atom. The summed E-state index contributed by atoms with van der Waals surface area (Å²) in [5.41, 5.74) is 7.32. The lowest BCUT2D eigenvalue weighted by molar-refractivity contribution is 0.186. The molecule has 0 aromatic heterocycles. The number of rotatable bonds is 5. The predicted octanol–water partition coefficient (Wildman–Crippen LogP) is 3.96. The van der Waals surface area contributed by atoms with Gasteiger partial charge >= 0.3 is 0 Å². The molecule has 3 heteroatoms. The van der Waals surface area contributed by atoms with E-state index in [0.29, 0.717) is 12.6 Å². The second-order valence-corrected chi connectivity index (χ2v) is 6.66. The zero-order valence-corrected chi connectivity index (χ0v) is 13.4. The second kappa shape index (κ2) is 7.41. The molecular weight excluding hydrogens is 300 g/mol. The van der Waals surface area contributed by atoms with Crippen molar-refractivity contribution in [3.05, 3.63) is 34.3 Å². The van der Waals surface area contributed by atoms with Crippen molar-refractivity contribution in [1.29, 1.82) is 0 Å². The molecule has 1 atom stereocenters. The molecule has 0 heterocycles. The molecule has 2 nitrogen and oxygen atoms in total. The Bertz CT molecular complexity index is 371. The smallest absolute Gasteiger partial charge is 0.0467 e. The summed E-state index contributed by atoms with van der Waals surface area (Å²) in [5, 5.41) is 0. The van der Waals surface area contributed by atoms with E-state index in [1.807, 2.05) is 0 Å². The maximum absolute atomic E-state index is 6.00. The van der Waals surface area contributed by atoms with Gasteiger partial charge < -0.3 is 5.73 Å². The van der Waals surface area contributed by atoms with Gasteiger partial charge in [-0.3, -0.25) is 4.90 Å². The minimum atomic E-state index is 0.343. The van der Waals surface area contributed by atoms with Crippen LogP contribution in [0.3, 0.4) is 0 Å². The number of benzene rings is 1. The van der Waals surface area contributed by atoms with Gasteiger partial charge in [-0.2, -0.15) is 0 Å². The summed E-state index contributed by atoms with van der Waals surface area (Å²) in [7, 11) is 2.22. The number of likely N-dealkylation sites (N-methyl/N-ethyl adjacent to an activating group) is 1. The van der Waals surface area contributed by atoms with Gasteiger partial charge in [0.1, 0.15) is 0 Å². The minimum absolute atomic E-state index is 0.343. The highest BCUT2D eigenvalue weighted by atomic mass is 79.9. The standard InChI is InChI=1S/C16H25BrN2/c1-19(12-13-5-3-2-4-6-13)16(11-18)14-7-9-15(17)10-8-14/h7-10,13,16H,2-6,11-12,18H2,1H3. The molecule has 1 aromatic carbocycles. The molecule has 2 N–H and O–H groups in total. The Balaban J connectivity index is 1.97. The first-order valence-electron chi connectivity index (χ1n) is 7.36. The zero-order valence-electron chi connectivity index (χ0n) is 11.8. The molecule has 0 radical (unpaired) electrons. The highest BCUT2D eigenvalue weighted by Gasteiger charge is 2.20. The van der Waals surface area contributed by atoms with Crippen molar-refractivity contribution in [3.8, 4) is 0 Å². The molecule has 2 rings (SSSR count). The van der Waals surface area contributed by atoms with Crippen molar-refractivity contribution < 1.29 is 0 Å². The van der Waals surface area contributed by atoms with E-state index in [4.69, 9.17) is 5.73 Å². The molecule has 19 heavy (non-hydrogen) atoms. The SMILES string of the molecule is CN(CC1CCCCC1)C(CN)c1ccc(Br)cc1. The van der Waals surface area contributed by atoms with Crippen molar-refractivity contribution in [2.24, 2.45) is 11.7 Å². The van der Waals surface area contributed by atoms with E-state index in [9.17, 15) is 0 Å². The summed E-state index contributed by atoms with van der Waals surface area (Å²) in [6.07, 6.45) is 7.02. The van der Waals surface area contributed by atoms with E-state index in [1.54, 1.807) is 0 Å². The molecule has 1 aliphatic rings. The van der Waals surface area contributed by atoms with Gasteiger partial charge in [-0.15, -0.1) is 0 Å². The van der Waals surface area contributed by atoms with Crippen LogP contribution in [0, 0.1) is 5.92 Å². The van der Waals surface area contributed by atoms with Crippen LogP contribution < -0.4 is 5.73 Å². The van der Waals surface area contributed by atoms with Gasteiger partial charge in [-0.05, 0) is 43.5 Å². The van der Waals surface area contributed by atoms with Gasteiger partial charge in [0, 0.05) is 23.6 Å². The Morgan fingerprint density at radius 3 is 2.42 bits per heavy atom. The van der Waals surface area contributed by atoms with E-state index in [-0.39, 0.29) is 0 Å². The number of nitrogens with zero attached hydrogens (tertiary/aromatic N) is 1. The van der Waals surface area contributed by atoms with Gasteiger partial charge in [0.25, 0.3) is 0 Å². The van der Waals surface area contributed by atoms with Crippen LogP contribution in [0.5, 0.6) is 0 Å². The summed E-state index contributed by atoms with van der Waals surface area (Å²) in [5.74, 6) is 0.864. The number of nitrogens with two attached hydrogens (primary N) is 1. The topological polar surface area (TPSA) is 29.3 Å².